The average Bonchev–Trinajstić information content (AvgIpc) is 3.32. The lowest BCUT2D eigenvalue weighted by atomic mass is 9.82. The number of anilines is 1. The normalized spacial score (nSPS) is 24.3. The number of esters is 1. The first-order valence-corrected chi connectivity index (χ1v) is 16.3. The van der Waals surface area contributed by atoms with Crippen molar-refractivity contribution >= 4 is 25.9 Å². The Morgan fingerprint density at radius 2 is 1.92 bits per heavy atom. The number of methoxy groups -OCH3 is 2. The predicted molar refractivity (Wildman–Crippen MR) is 148 cm³/mol. The highest BCUT2D eigenvalue weighted by atomic mass is 28.4. The molecular weight excluding hydrogens is 520 g/mol. The van der Waals surface area contributed by atoms with Crippen LogP contribution in [0.3, 0.4) is 0 Å². The average molecular weight is 559 g/mol. The van der Waals surface area contributed by atoms with E-state index in [-0.39, 0.29) is 47.7 Å². The summed E-state index contributed by atoms with van der Waals surface area (Å²) in [5.41, 5.74) is -0.166. The highest BCUT2D eigenvalue weighted by molar-refractivity contribution is 6.71. The number of amides is 1. The van der Waals surface area contributed by atoms with Crippen LogP contribution in [0, 0.1) is 5.92 Å². The Labute approximate surface area is 229 Å². The van der Waals surface area contributed by atoms with Crippen molar-refractivity contribution in [3.63, 3.8) is 0 Å². The molecule has 1 amide bonds. The van der Waals surface area contributed by atoms with Gasteiger partial charge in [0, 0.05) is 48.5 Å². The number of benzene rings is 1. The number of carbonyl (C=O) groups excluding carboxylic acids is 2. The fraction of sp³-hybridized carbons (Fsp3) is 0.536. The summed E-state index contributed by atoms with van der Waals surface area (Å²) in [6.45, 7) is 5.83. The number of pyridine rings is 1. The Kier molecular flexibility index (Phi) is 8.36. The zero-order valence-corrected chi connectivity index (χ0v) is 24.2. The standard InChI is InChI=1S/C28H38N2O8Si/c1-18-25(39(4,5)35)22(13-16-31)38-28(18)20-17-19(29-15-8-9-23(36-2)26(29)33)11-12-21(20)30(27(28)34)14-7-6-10-24(32)37-3/h8-9,11-12,15,17-18,22,25,31,35H,6-7,10,13-14,16H2,1-5H3/t18-,22+,25-,28+/m1/s1. The molecule has 10 nitrogen and oxygen atoms in total. The van der Waals surface area contributed by atoms with Gasteiger partial charge in [0.15, 0.2) is 19.7 Å². The summed E-state index contributed by atoms with van der Waals surface area (Å²) in [6.07, 6.45) is 2.82. The molecule has 212 valence electrons. The molecule has 4 atom stereocenters. The molecule has 4 rings (SSSR count). The number of carbonyl (C=O) groups is 2. The fourth-order valence-electron chi connectivity index (χ4n) is 6.31. The summed E-state index contributed by atoms with van der Waals surface area (Å²) in [5, 5.41) is 9.79. The summed E-state index contributed by atoms with van der Waals surface area (Å²) in [6, 6.07) is 8.71. The van der Waals surface area contributed by atoms with Gasteiger partial charge in [0.05, 0.1) is 26.0 Å². The molecule has 3 heterocycles. The van der Waals surface area contributed by atoms with Gasteiger partial charge in [-0.15, -0.1) is 0 Å². The zero-order chi connectivity index (χ0) is 28.5. The number of nitrogens with zero attached hydrogens (tertiary/aromatic N) is 2. The van der Waals surface area contributed by atoms with Crippen LogP contribution in [-0.4, -0.2) is 68.1 Å². The van der Waals surface area contributed by atoms with E-state index in [2.05, 4.69) is 0 Å². The molecule has 1 fully saturated rings. The summed E-state index contributed by atoms with van der Waals surface area (Å²) < 4.78 is 18.0. The largest absolute Gasteiger partial charge is 0.491 e. The van der Waals surface area contributed by atoms with Gasteiger partial charge in [-0.25, -0.2) is 0 Å². The van der Waals surface area contributed by atoms with Gasteiger partial charge in [-0.05, 0) is 62.7 Å². The van der Waals surface area contributed by atoms with Gasteiger partial charge in [0.25, 0.3) is 11.5 Å². The van der Waals surface area contributed by atoms with E-state index in [1.807, 2.05) is 32.2 Å². The summed E-state index contributed by atoms with van der Waals surface area (Å²) in [4.78, 5) is 51.9. The molecule has 0 aliphatic carbocycles. The van der Waals surface area contributed by atoms with E-state index in [4.69, 9.17) is 14.2 Å². The number of unbranched alkanes of at least 4 members (excludes halogenated alkanes) is 1. The number of ether oxygens (including phenoxy) is 3. The van der Waals surface area contributed by atoms with Crippen molar-refractivity contribution in [3.05, 3.63) is 52.4 Å². The van der Waals surface area contributed by atoms with E-state index < -0.39 is 20.0 Å². The van der Waals surface area contributed by atoms with Crippen LogP contribution in [0.25, 0.3) is 5.69 Å². The summed E-state index contributed by atoms with van der Waals surface area (Å²) in [7, 11) is -0.0460. The van der Waals surface area contributed by atoms with Gasteiger partial charge in [0.2, 0.25) is 0 Å². The molecular formula is C28H38N2O8Si. The van der Waals surface area contributed by atoms with Gasteiger partial charge in [-0.1, -0.05) is 6.92 Å². The monoisotopic (exact) mass is 558 g/mol. The van der Waals surface area contributed by atoms with Gasteiger partial charge < -0.3 is 29.0 Å². The first-order valence-electron chi connectivity index (χ1n) is 13.3. The minimum absolute atomic E-state index is 0.133. The molecule has 39 heavy (non-hydrogen) atoms. The third-order valence-electron chi connectivity index (χ3n) is 8.03. The van der Waals surface area contributed by atoms with Crippen LogP contribution >= 0.6 is 0 Å². The number of rotatable bonds is 10. The van der Waals surface area contributed by atoms with Crippen molar-refractivity contribution in [2.45, 2.75) is 62.9 Å². The molecule has 2 aliphatic heterocycles. The second-order valence-electron chi connectivity index (χ2n) is 10.8. The molecule has 1 aromatic heterocycles. The number of fused-ring (bicyclic) bond motifs is 2. The third kappa shape index (κ3) is 5.04. The molecule has 1 spiro atoms. The van der Waals surface area contributed by atoms with E-state index >= 15 is 0 Å². The number of hydrogen-bond donors (Lipinski definition) is 2. The van der Waals surface area contributed by atoms with E-state index in [1.54, 1.807) is 29.3 Å². The molecule has 2 aromatic rings. The van der Waals surface area contributed by atoms with Crippen molar-refractivity contribution in [1.82, 2.24) is 4.57 Å². The maximum Gasteiger partial charge on any atom is 0.305 e. The maximum absolute atomic E-state index is 14.3. The smallest absolute Gasteiger partial charge is 0.305 e. The first kappa shape index (κ1) is 29.0. The molecule has 0 bridgehead atoms. The lowest BCUT2D eigenvalue weighted by Crippen LogP contribution is -2.46. The predicted octanol–water partition coefficient (Wildman–Crippen LogP) is 2.72. The van der Waals surface area contributed by atoms with Crippen molar-refractivity contribution in [2.24, 2.45) is 5.92 Å². The van der Waals surface area contributed by atoms with Crippen LogP contribution in [0.2, 0.25) is 18.6 Å². The number of hydrogen-bond acceptors (Lipinski definition) is 8. The second-order valence-corrected chi connectivity index (χ2v) is 14.8. The van der Waals surface area contributed by atoms with Crippen molar-refractivity contribution in [3.8, 4) is 11.4 Å². The van der Waals surface area contributed by atoms with Crippen LogP contribution < -0.4 is 15.2 Å². The Hall–Kier alpha value is -2.99. The molecule has 0 saturated carbocycles. The molecule has 1 saturated heterocycles. The van der Waals surface area contributed by atoms with E-state index in [0.29, 0.717) is 42.7 Å². The fourth-order valence-corrected chi connectivity index (χ4v) is 8.91. The van der Waals surface area contributed by atoms with Crippen LogP contribution in [0.15, 0.2) is 41.3 Å². The SMILES string of the molecule is COC(=O)CCCCN1C(=O)[C@@]2(O[C@@H](CCO)[C@H]([Si](C)(C)O)[C@H]2C)c2cc(-n3cccc(OC)c3=O)ccc21. The Bertz CT molecular complexity index is 1290. The second kappa shape index (κ2) is 11.2. The van der Waals surface area contributed by atoms with Crippen LogP contribution in [0.5, 0.6) is 5.75 Å². The quantitative estimate of drug-likeness (QED) is 0.259. The van der Waals surface area contributed by atoms with Crippen LogP contribution in [0.4, 0.5) is 5.69 Å². The Morgan fingerprint density at radius 1 is 1.18 bits per heavy atom. The number of aliphatic hydroxyl groups is 1. The van der Waals surface area contributed by atoms with E-state index in [0.717, 1.165) is 0 Å². The van der Waals surface area contributed by atoms with Gasteiger partial charge in [0.1, 0.15) is 0 Å². The van der Waals surface area contributed by atoms with Gasteiger partial charge in [-0.2, -0.15) is 0 Å². The zero-order valence-electron chi connectivity index (χ0n) is 23.2. The van der Waals surface area contributed by atoms with Crippen LogP contribution in [0.1, 0.15) is 38.2 Å². The van der Waals surface area contributed by atoms with Crippen LogP contribution in [-0.2, 0) is 24.7 Å². The lowest BCUT2D eigenvalue weighted by molar-refractivity contribution is -0.146. The number of aliphatic hydroxyl groups excluding tert-OH is 1. The van der Waals surface area contributed by atoms with E-state index in [1.165, 1.54) is 18.8 Å². The minimum atomic E-state index is -2.83. The first-order chi connectivity index (χ1) is 18.5. The molecule has 2 N–H and O–H groups in total. The highest BCUT2D eigenvalue weighted by Crippen LogP contribution is 2.59. The van der Waals surface area contributed by atoms with Crippen molar-refractivity contribution in [2.75, 3.05) is 32.3 Å². The third-order valence-corrected chi connectivity index (χ3v) is 10.5. The lowest BCUT2D eigenvalue weighted by Gasteiger charge is -2.32. The van der Waals surface area contributed by atoms with E-state index in [9.17, 15) is 24.3 Å². The number of aromatic nitrogens is 1. The summed E-state index contributed by atoms with van der Waals surface area (Å²) >= 11 is 0. The molecule has 2 aliphatic rings. The summed E-state index contributed by atoms with van der Waals surface area (Å²) in [5.74, 6) is -0.727. The molecule has 11 heteroatoms. The molecule has 0 radical (unpaired) electrons. The molecule has 1 aromatic carbocycles. The highest BCUT2D eigenvalue weighted by Gasteiger charge is 2.66. The van der Waals surface area contributed by atoms with Crippen molar-refractivity contribution < 1.29 is 33.7 Å². The Balaban J connectivity index is 1.82. The van der Waals surface area contributed by atoms with Gasteiger partial charge in [-0.3, -0.25) is 19.0 Å². The topological polar surface area (TPSA) is 128 Å². The Morgan fingerprint density at radius 3 is 2.56 bits per heavy atom. The minimum Gasteiger partial charge on any atom is -0.491 e. The van der Waals surface area contributed by atoms with Crippen molar-refractivity contribution in [1.29, 1.82) is 0 Å². The molecule has 0 unspecified atom stereocenters. The maximum atomic E-state index is 14.3. The van der Waals surface area contributed by atoms with Gasteiger partial charge >= 0.3 is 5.97 Å².